The number of rotatable bonds is 14. The van der Waals surface area contributed by atoms with E-state index < -0.39 is 11.7 Å². The number of nitrogens with zero attached hydrogens (tertiary/aromatic N) is 3. The molecule has 0 aliphatic carbocycles. The molecule has 1 amide bonds. The number of amides is 1. The van der Waals surface area contributed by atoms with Crippen molar-refractivity contribution in [3.05, 3.63) is 127 Å². The molecule has 4 rings (SSSR count). The van der Waals surface area contributed by atoms with Crippen molar-refractivity contribution < 1.29 is 29.3 Å². The molecule has 0 bridgehead atoms. The first-order chi connectivity index (χ1) is 24.2. The van der Waals surface area contributed by atoms with Gasteiger partial charge in [-0.2, -0.15) is 0 Å². The zero-order valence-electron chi connectivity index (χ0n) is 29.7. The summed E-state index contributed by atoms with van der Waals surface area (Å²) in [6.45, 7) is 10.8. The molecule has 0 aliphatic rings. The molecule has 10 nitrogen and oxygen atoms in total. The van der Waals surface area contributed by atoms with Crippen LogP contribution in [0.3, 0.4) is 0 Å². The van der Waals surface area contributed by atoms with Gasteiger partial charge >= 0.3 is 6.09 Å². The second-order valence-electron chi connectivity index (χ2n) is 12.9. The van der Waals surface area contributed by atoms with Gasteiger partial charge < -0.3 is 25.2 Å². The van der Waals surface area contributed by atoms with Gasteiger partial charge in [-0.05, 0) is 92.3 Å². The lowest BCUT2D eigenvalue weighted by atomic mass is 10.0. The average molecular weight is 827 g/mol. The number of benzene rings is 2. The highest BCUT2D eigenvalue weighted by atomic mass is 79.9. The molecule has 0 fully saturated rings. The van der Waals surface area contributed by atoms with Gasteiger partial charge in [-0.25, -0.2) is 4.79 Å². The van der Waals surface area contributed by atoms with Crippen molar-refractivity contribution in [2.45, 2.75) is 66.2 Å². The molecule has 51 heavy (non-hydrogen) atoms. The van der Waals surface area contributed by atoms with E-state index in [0.29, 0.717) is 30.9 Å². The van der Waals surface area contributed by atoms with E-state index in [1.54, 1.807) is 51.4 Å². The number of Topliss-reactive ketones (excluding diaryl/α,β-unsaturated/α-hetero) is 2. The highest BCUT2D eigenvalue weighted by Gasteiger charge is 2.22. The molecule has 0 atom stereocenters. The molecule has 2 aromatic heterocycles. The van der Waals surface area contributed by atoms with Gasteiger partial charge in [0, 0.05) is 53.8 Å². The number of pyridine rings is 2. The van der Waals surface area contributed by atoms with Gasteiger partial charge in [-0.3, -0.25) is 19.6 Å². The van der Waals surface area contributed by atoms with Crippen molar-refractivity contribution in [1.82, 2.24) is 20.2 Å². The molecule has 0 unspecified atom stereocenters. The highest BCUT2D eigenvalue weighted by Crippen LogP contribution is 2.22. The number of nitrogens with one attached hydrogen (secondary N) is 1. The molecular formula is C39H46Br2N4O6. The van der Waals surface area contributed by atoms with Crippen LogP contribution in [0.15, 0.2) is 82.0 Å². The van der Waals surface area contributed by atoms with Crippen LogP contribution in [-0.4, -0.2) is 74.6 Å². The maximum Gasteiger partial charge on any atom is 0.410 e. The minimum absolute atomic E-state index is 0.0102. The molecule has 0 radical (unpaired) electrons. The Labute approximate surface area is 316 Å². The first-order valence-corrected chi connectivity index (χ1v) is 18.2. The van der Waals surface area contributed by atoms with Crippen LogP contribution in [0.25, 0.3) is 0 Å². The number of hydrogen-bond donors (Lipinski definition) is 3. The van der Waals surface area contributed by atoms with Crippen molar-refractivity contribution in [3.63, 3.8) is 0 Å². The second kappa shape index (κ2) is 20.3. The third-order valence-electron chi connectivity index (χ3n) is 7.70. The molecular weight excluding hydrogens is 780 g/mol. The van der Waals surface area contributed by atoms with Crippen molar-refractivity contribution >= 4 is 49.5 Å². The largest absolute Gasteiger partial charge is 0.444 e. The summed E-state index contributed by atoms with van der Waals surface area (Å²) < 4.78 is 7.35. The zero-order chi connectivity index (χ0) is 37.6. The predicted octanol–water partition coefficient (Wildman–Crippen LogP) is 6.97. The van der Waals surface area contributed by atoms with Crippen LogP contribution < -0.4 is 5.32 Å². The number of aliphatic hydroxyl groups is 2. The lowest BCUT2D eigenvalue weighted by molar-refractivity contribution is 0.0201. The lowest BCUT2D eigenvalue weighted by Gasteiger charge is -2.27. The van der Waals surface area contributed by atoms with Crippen molar-refractivity contribution in [3.8, 4) is 0 Å². The molecule has 12 heteroatoms. The summed E-state index contributed by atoms with van der Waals surface area (Å²) in [6.07, 6.45) is 3.39. The second-order valence-corrected chi connectivity index (χ2v) is 14.6. The Hall–Kier alpha value is -3.81. The van der Waals surface area contributed by atoms with Crippen molar-refractivity contribution in [2.24, 2.45) is 0 Å². The quantitative estimate of drug-likeness (QED) is 0.0909. The minimum atomic E-state index is -0.621. The van der Waals surface area contributed by atoms with Crippen molar-refractivity contribution in [1.29, 1.82) is 0 Å². The zero-order valence-corrected chi connectivity index (χ0v) is 32.9. The Morgan fingerprint density at radius 2 is 1.27 bits per heavy atom. The van der Waals surface area contributed by atoms with Crippen LogP contribution in [0.1, 0.15) is 75.1 Å². The van der Waals surface area contributed by atoms with Crippen molar-refractivity contribution in [2.75, 3.05) is 26.3 Å². The van der Waals surface area contributed by atoms with E-state index in [1.165, 1.54) is 4.90 Å². The van der Waals surface area contributed by atoms with Gasteiger partial charge in [0.15, 0.2) is 11.6 Å². The third-order valence-corrected chi connectivity index (χ3v) is 9.41. The summed E-state index contributed by atoms with van der Waals surface area (Å²) in [7, 11) is 0. The van der Waals surface area contributed by atoms with E-state index in [1.807, 2.05) is 56.3 Å². The fraction of sp³-hybridized carbons (Fsp3) is 0.359. The van der Waals surface area contributed by atoms with Crippen LogP contribution >= 0.6 is 31.9 Å². The topological polar surface area (TPSA) is 142 Å². The Kier molecular flexibility index (Phi) is 16.6. The van der Waals surface area contributed by atoms with Gasteiger partial charge in [0.2, 0.25) is 0 Å². The maximum absolute atomic E-state index is 12.6. The van der Waals surface area contributed by atoms with E-state index in [-0.39, 0.29) is 44.3 Å². The van der Waals surface area contributed by atoms with Gasteiger partial charge in [0.05, 0.1) is 19.8 Å². The highest BCUT2D eigenvalue weighted by molar-refractivity contribution is 9.10. The van der Waals surface area contributed by atoms with Gasteiger partial charge in [0.25, 0.3) is 0 Å². The molecule has 0 saturated carbocycles. The normalized spacial score (nSPS) is 11.0. The van der Waals surface area contributed by atoms with Gasteiger partial charge in [-0.1, -0.05) is 68.3 Å². The molecule has 4 aromatic rings. The SMILES string of the molecule is Cc1c(Br)cccc1CC(=O)c1ccc(CN(CCO)C(=O)OC(C)(C)C)cn1.Cc1c(Br)cccc1CC(=O)c1ccc(CNCCO)cn1. The molecule has 3 N–H and O–H groups in total. The molecule has 0 spiro atoms. The van der Waals surface area contributed by atoms with Crippen LogP contribution in [0.4, 0.5) is 4.79 Å². The maximum atomic E-state index is 12.6. The number of halogens is 2. The first kappa shape index (κ1) is 41.6. The monoisotopic (exact) mass is 824 g/mol. The molecule has 272 valence electrons. The number of ketones is 2. The Bertz CT molecular complexity index is 1760. The number of carbonyl (C=O) groups excluding carboxylic acids is 3. The van der Waals surface area contributed by atoms with E-state index in [0.717, 1.165) is 42.3 Å². The Morgan fingerprint density at radius 1 is 0.765 bits per heavy atom. The Balaban J connectivity index is 0.000000286. The van der Waals surface area contributed by atoms with Crippen LogP contribution in [-0.2, 0) is 30.7 Å². The van der Waals surface area contributed by atoms with Crippen LogP contribution in [0.5, 0.6) is 0 Å². The van der Waals surface area contributed by atoms with Crippen LogP contribution in [0.2, 0.25) is 0 Å². The minimum Gasteiger partial charge on any atom is -0.444 e. The Morgan fingerprint density at radius 3 is 1.71 bits per heavy atom. The summed E-state index contributed by atoms with van der Waals surface area (Å²) in [4.78, 5) is 47.1. The van der Waals surface area contributed by atoms with E-state index in [4.69, 9.17) is 9.84 Å². The number of aromatic nitrogens is 2. The summed E-state index contributed by atoms with van der Waals surface area (Å²) in [5.74, 6) is -0.0619. The van der Waals surface area contributed by atoms with E-state index in [9.17, 15) is 19.5 Å². The summed E-state index contributed by atoms with van der Waals surface area (Å²) in [5.41, 5.74) is 6.05. The van der Waals surface area contributed by atoms with Gasteiger partial charge in [0.1, 0.15) is 17.0 Å². The smallest absolute Gasteiger partial charge is 0.410 e. The van der Waals surface area contributed by atoms with Crippen LogP contribution in [0, 0.1) is 13.8 Å². The molecule has 0 saturated heterocycles. The fourth-order valence-corrected chi connectivity index (χ4v) is 5.62. The summed E-state index contributed by atoms with van der Waals surface area (Å²) >= 11 is 6.96. The standard InChI is InChI=1S/C22H27BrN2O4.C17H19BrN2O2/c1-15-17(6-5-7-18(15)23)12-20(27)19-9-8-16(13-24-19)14-25(10-11-26)21(28)29-22(2,3)4;1-12-14(3-2-4-15(12)18)9-17(22)16-6-5-13(11-20-16)10-19-7-8-21/h5-9,13,26H,10-12,14H2,1-4H3;2-6,11,19,21H,7-10H2,1H3. The first-order valence-electron chi connectivity index (χ1n) is 16.6. The molecule has 2 heterocycles. The van der Waals surface area contributed by atoms with Gasteiger partial charge in [-0.15, -0.1) is 0 Å². The average Bonchev–Trinajstić information content (AvgIpc) is 3.09. The molecule has 2 aromatic carbocycles. The van der Waals surface area contributed by atoms with E-state index in [2.05, 4.69) is 47.1 Å². The predicted molar refractivity (Wildman–Crippen MR) is 205 cm³/mol. The number of hydrogen-bond acceptors (Lipinski definition) is 9. The number of carbonyl (C=O) groups is 3. The van der Waals surface area contributed by atoms with E-state index >= 15 is 0 Å². The number of ether oxygens (including phenoxy) is 1. The summed E-state index contributed by atoms with van der Waals surface area (Å²) in [6, 6.07) is 18.7. The lowest BCUT2D eigenvalue weighted by Crippen LogP contribution is -2.38. The molecule has 0 aliphatic heterocycles. The fourth-order valence-electron chi connectivity index (χ4n) is 4.81. The third kappa shape index (κ3) is 13.7. The number of aliphatic hydroxyl groups excluding tert-OH is 2. The summed E-state index contributed by atoms with van der Waals surface area (Å²) in [5, 5.41) is 21.0.